The Morgan fingerprint density at radius 3 is 2.29 bits per heavy atom. The lowest BCUT2D eigenvalue weighted by molar-refractivity contribution is -0.161. The highest BCUT2D eigenvalue weighted by Gasteiger charge is 2.49. The van der Waals surface area contributed by atoms with Gasteiger partial charge in [0.25, 0.3) is 0 Å². The molecule has 0 bridgehead atoms. The maximum absolute atomic E-state index is 11.8. The molecule has 3 N–H and O–H groups in total. The minimum absolute atomic E-state index is 0.0228. The van der Waals surface area contributed by atoms with E-state index in [2.05, 4.69) is 0 Å². The van der Waals surface area contributed by atoms with Gasteiger partial charge in [-0.25, -0.2) is 4.79 Å². The smallest absolute Gasteiger partial charge is 0.341 e. The highest BCUT2D eigenvalue weighted by Crippen LogP contribution is 2.45. The maximum atomic E-state index is 11.8. The molecule has 3 rings (SSSR count). The number of aliphatic hydroxyl groups is 2. The average molecular weight is 282 g/mol. The lowest BCUT2D eigenvalue weighted by Crippen LogP contribution is -2.43. The summed E-state index contributed by atoms with van der Waals surface area (Å²) in [6.07, 6.45) is 1.39. The first-order valence-electron chi connectivity index (χ1n) is 6.56. The Balaban J connectivity index is 2.27. The fraction of sp³-hybridized carbons (Fsp3) is 0.118. The summed E-state index contributed by atoms with van der Waals surface area (Å²) in [6, 6.07) is 15.3. The van der Waals surface area contributed by atoms with E-state index in [1.54, 1.807) is 42.5 Å². The summed E-state index contributed by atoms with van der Waals surface area (Å²) in [5, 5.41) is 30.6. The van der Waals surface area contributed by atoms with Crippen LogP contribution in [0.25, 0.3) is 5.76 Å². The third-order valence-corrected chi connectivity index (χ3v) is 3.87. The Morgan fingerprint density at radius 1 is 1.00 bits per heavy atom. The van der Waals surface area contributed by atoms with Crippen molar-refractivity contribution in [3.05, 3.63) is 77.4 Å². The minimum atomic E-state index is -2.11. The number of aliphatic hydroxyl groups excluding tert-OH is 1. The zero-order valence-electron chi connectivity index (χ0n) is 11.1. The predicted octanol–water partition coefficient (Wildman–Crippen LogP) is 2.66. The highest BCUT2D eigenvalue weighted by molar-refractivity contribution is 5.86. The van der Waals surface area contributed by atoms with Crippen LogP contribution in [0.15, 0.2) is 60.7 Å². The lowest BCUT2D eigenvalue weighted by atomic mass is 9.72. The first-order valence-corrected chi connectivity index (χ1v) is 6.56. The van der Waals surface area contributed by atoms with Gasteiger partial charge in [-0.15, -0.1) is 0 Å². The molecule has 1 aliphatic rings. The second kappa shape index (κ2) is 4.75. The number of carbonyl (C=O) groups is 1. The van der Waals surface area contributed by atoms with Crippen LogP contribution in [-0.4, -0.2) is 21.3 Å². The summed E-state index contributed by atoms with van der Waals surface area (Å²) in [5.74, 6) is -2.22. The second-order valence-corrected chi connectivity index (χ2v) is 5.06. The van der Waals surface area contributed by atoms with Crippen molar-refractivity contribution in [2.45, 2.75) is 11.5 Å². The summed E-state index contributed by atoms with van der Waals surface area (Å²) in [6.45, 7) is 0. The topological polar surface area (TPSA) is 77.8 Å². The van der Waals surface area contributed by atoms with E-state index in [1.807, 2.05) is 6.07 Å². The van der Waals surface area contributed by atoms with E-state index in [4.69, 9.17) is 0 Å². The van der Waals surface area contributed by atoms with E-state index in [9.17, 15) is 20.1 Å². The molecule has 4 heteroatoms. The molecule has 0 unspecified atom stereocenters. The van der Waals surface area contributed by atoms with Crippen molar-refractivity contribution in [2.75, 3.05) is 0 Å². The quantitative estimate of drug-likeness (QED) is 0.791. The highest BCUT2D eigenvalue weighted by atomic mass is 16.4. The molecule has 2 aromatic carbocycles. The summed E-state index contributed by atoms with van der Waals surface area (Å²) in [7, 11) is 0. The fourth-order valence-corrected chi connectivity index (χ4v) is 2.82. The lowest BCUT2D eigenvalue weighted by Gasteiger charge is -2.36. The minimum Gasteiger partial charge on any atom is -0.508 e. The Hall–Kier alpha value is -2.59. The monoisotopic (exact) mass is 282 g/mol. The van der Waals surface area contributed by atoms with Crippen molar-refractivity contribution in [1.29, 1.82) is 0 Å². The number of carboxylic acids is 1. The van der Waals surface area contributed by atoms with Gasteiger partial charge in [-0.1, -0.05) is 54.6 Å². The molecule has 0 aromatic heterocycles. The van der Waals surface area contributed by atoms with Crippen molar-refractivity contribution >= 4 is 11.7 Å². The van der Waals surface area contributed by atoms with Crippen LogP contribution in [0.3, 0.4) is 0 Å². The standard InChI is InChI=1S/C17H14O4/c18-15-10-14(11-6-2-1-3-7-11)17(21,16(19)20)13-9-5-4-8-12(13)15/h1-10,14,18,21H,(H,19,20)/t14-,17+/m0/s1. The number of carboxylic acid groups (broad SMARTS) is 1. The molecule has 21 heavy (non-hydrogen) atoms. The van der Waals surface area contributed by atoms with E-state index < -0.39 is 17.5 Å². The number of fused-ring (bicyclic) bond motifs is 1. The van der Waals surface area contributed by atoms with Crippen molar-refractivity contribution in [3.8, 4) is 0 Å². The Morgan fingerprint density at radius 2 is 1.62 bits per heavy atom. The van der Waals surface area contributed by atoms with Crippen LogP contribution in [0.1, 0.15) is 22.6 Å². The van der Waals surface area contributed by atoms with Crippen LogP contribution in [0.4, 0.5) is 0 Å². The van der Waals surface area contributed by atoms with Crippen molar-refractivity contribution in [3.63, 3.8) is 0 Å². The van der Waals surface area contributed by atoms with E-state index in [-0.39, 0.29) is 11.3 Å². The molecule has 2 atom stereocenters. The van der Waals surface area contributed by atoms with Crippen LogP contribution in [0.2, 0.25) is 0 Å². The molecular weight excluding hydrogens is 268 g/mol. The molecular formula is C17H14O4. The van der Waals surface area contributed by atoms with E-state index in [0.717, 1.165) is 0 Å². The fourth-order valence-electron chi connectivity index (χ4n) is 2.82. The number of rotatable bonds is 2. The maximum Gasteiger partial charge on any atom is 0.341 e. The van der Waals surface area contributed by atoms with Gasteiger partial charge in [-0.05, 0) is 11.6 Å². The normalized spacial score (nSPS) is 24.0. The van der Waals surface area contributed by atoms with Crippen LogP contribution in [0.5, 0.6) is 0 Å². The third-order valence-electron chi connectivity index (χ3n) is 3.87. The van der Waals surface area contributed by atoms with Crippen LogP contribution in [-0.2, 0) is 10.4 Å². The first kappa shape index (κ1) is 13.4. The molecule has 106 valence electrons. The van der Waals surface area contributed by atoms with Crippen molar-refractivity contribution in [1.82, 2.24) is 0 Å². The molecule has 0 heterocycles. The van der Waals surface area contributed by atoms with Gasteiger partial charge in [0.15, 0.2) is 5.60 Å². The van der Waals surface area contributed by atoms with Crippen LogP contribution < -0.4 is 0 Å². The molecule has 0 radical (unpaired) electrons. The molecule has 1 aliphatic carbocycles. The summed E-state index contributed by atoms with van der Waals surface area (Å²) in [5.41, 5.74) is -0.936. The third kappa shape index (κ3) is 1.92. The van der Waals surface area contributed by atoms with Gasteiger partial charge < -0.3 is 15.3 Å². The van der Waals surface area contributed by atoms with Crippen molar-refractivity contribution in [2.24, 2.45) is 0 Å². The van der Waals surface area contributed by atoms with Gasteiger partial charge in [0.2, 0.25) is 0 Å². The van der Waals surface area contributed by atoms with Crippen LogP contribution >= 0.6 is 0 Å². The number of hydrogen-bond donors (Lipinski definition) is 3. The van der Waals surface area contributed by atoms with Crippen LogP contribution in [0, 0.1) is 0 Å². The Labute approximate surface area is 121 Å². The first-order chi connectivity index (χ1) is 10.0. The van der Waals surface area contributed by atoms with Gasteiger partial charge in [0.05, 0.1) is 0 Å². The second-order valence-electron chi connectivity index (χ2n) is 5.06. The van der Waals surface area contributed by atoms with Gasteiger partial charge in [0, 0.05) is 17.0 Å². The zero-order valence-corrected chi connectivity index (χ0v) is 11.1. The van der Waals surface area contributed by atoms with E-state index >= 15 is 0 Å². The SMILES string of the molecule is O=C(O)[C@@]1(O)c2ccccc2C(O)=C[C@H]1c1ccccc1. The van der Waals surface area contributed by atoms with Gasteiger partial charge in [-0.2, -0.15) is 0 Å². The van der Waals surface area contributed by atoms with Crippen molar-refractivity contribution < 1.29 is 20.1 Å². The van der Waals surface area contributed by atoms with E-state index in [1.165, 1.54) is 12.1 Å². The predicted molar refractivity (Wildman–Crippen MR) is 77.8 cm³/mol. The average Bonchev–Trinajstić information content (AvgIpc) is 2.51. The summed E-state index contributed by atoms with van der Waals surface area (Å²) >= 11 is 0. The molecule has 0 saturated carbocycles. The zero-order chi connectivity index (χ0) is 15.0. The molecule has 0 amide bonds. The van der Waals surface area contributed by atoms with Gasteiger partial charge in [0.1, 0.15) is 5.76 Å². The largest absolute Gasteiger partial charge is 0.508 e. The molecule has 0 saturated heterocycles. The molecule has 0 spiro atoms. The Kier molecular flexibility index (Phi) is 3.03. The number of aliphatic carboxylic acids is 1. The Bertz CT molecular complexity index is 721. The molecule has 2 aromatic rings. The number of benzene rings is 2. The van der Waals surface area contributed by atoms with E-state index in [0.29, 0.717) is 11.1 Å². The summed E-state index contributed by atoms with van der Waals surface area (Å²) in [4.78, 5) is 11.8. The summed E-state index contributed by atoms with van der Waals surface area (Å²) < 4.78 is 0. The molecule has 0 fully saturated rings. The molecule has 0 aliphatic heterocycles. The van der Waals surface area contributed by atoms with Gasteiger partial charge >= 0.3 is 5.97 Å². The van der Waals surface area contributed by atoms with Gasteiger partial charge in [-0.3, -0.25) is 0 Å². The number of hydrogen-bond acceptors (Lipinski definition) is 3. The molecule has 4 nitrogen and oxygen atoms in total.